The van der Waals surface area contributed by atoms with Crippen LogP contribution in [0.3, 0.4) is 0 Å². The zero-order valence-corrected chi connectivity index (χ0v) is 9.37. The van der Waals surface area contributed by atoms with E-state index in [0.29, 0.717) is 6.04 Å². The van der Waals surface area contributed by atoms with Crippen molar-refractivity contribution < 1.29 is 0 Å². The Balaban J connectivity index is 2.31. The molecule has 1 N–H and O–H groups in total. The minimum absolute atomic E-state index is 0.543. The molecule has 0 aliphatic rings. The number of rotatable bonds is 6. The largest absolute Gasteiger partial charge is 0.317 e. The van der Waals surface area contributed by atoms with Crippen molar-refractivity contribution in [3.63, 3.8) is 0 Å². The van der Waals surface area contributed by atoms with Crippen LogP contribution in [0.25, 0.3) is 0 Å². The molecule has 0 aromatic heterocycles. The van der Waals surface area contributed by atoms with Crippen LogP contribution in [-0.4, -0.2) is 13.1 Å². The maximum Gasteiger partial charge on any atom is 0.0101 e. The summed E-state index contributed by atoms with van der Waals surface area (Å²) in [6.45, 7) is 0. The van der Waals surface area contributed by atoms with Gasteiger partial charge in [-0.1, -0.05) is 30.3 Å². The van der Waals surface area contributed by atoms with Crippen LogP contribution in [0.15, 0.2) is 30.3 Å². The van der Waals surface area contributed by atoms with Crippen LogP contribution in [0.5, 0.6) is 0 Å². The van der Waals surface area contributed by atoms with E-state index in [1.165, 1.54) is 5.56 Å². The van der Waals surface area contributed by atoms with Crippen LogP contribution in [0.4, 0.5) is 0 Å². The lowest BCUT2D eigenvalue weighted by Crippen LogP contribution is -2.25. The topological polar surface area (TPSA) is 12.0 Å². The van der Waals surface area contributed by atoms with E-state index >= 15 is 0 Å². The molecule has 0 fully saturated rings. The molecule has 15 heavy (non-hydrogen) atoms. The van der Waals surface area contributed by atoms with E-state index in [1.807, 2.05) is 7.05 Å². The fourth-order valence-electron chi connectivity index (χ4n) is 1.68. The van der Waals surface area contributed by atoms with Gasteiger partial charge in [0.2, 0.25) is 0 Å². The lowest BCUT2D eigenvalue weighted by molar-refractivity contribution is 0.495. The lowest BCUT2D eigenvalue weighted by Gasteiger charge is -2.14. The van der Waals surface area contributed by atoms with Gasteiger partial charge in [-0.2, -0.15) is 0 Å². The minimum atomic E-state index is 0.543. The summed E-state index contributed by atoms with van der Waals surface area (Å²) >= 11 is 0. The Hall–Kier alpha value is -1.26. The van der Waals surface area contributed by atoms with E-state index in [4.69, 9.17) is 6.42 Å². The van der Waals surface area contributed by atoms with Gasteiger partial charge in [0.15, 0.2) is 0 Å². The smallest absolute Gasteiger partial charge is 0.0101 e. The van der Waals surface area contributed by atoms with Crippen molar-refractivity contribution in [1.29, 1.82) is 0 Å². The predicted octanol–water partition coefficient (Wildman–Crippen LogP) is 2.62. The van der Waals surface area contributed by atoms with Crippen LogP contribution in [0.1, 0.15) is 24.8 Å². The molecular weight excluding hydrogens is 182 g/mol. The summed E-state index contributed by atoms with van der Waals surface area (Å²) in [5, 5.41) is 3.31. The van der Waals surface area contributed by atoms with Crippen molar-refractivity contribution in [3.05, 3.63) is 35.9 Å². The van der Waals surface area contributed by atoms with Crippen LogP contribution in [0.2, 0.25) is 0 Å². The van der Waals surface area contributed by atoms with E-state index < -0.39 is 0 Å². The molecule has 1 heteroatoms. The second kappa shape index (κ2) is 7.09. The zero-order valence-electron chi connectivity index (χ0n) is 9.37. The normalized spacial score (nSPS) is 12.0. The second-order valence-corrected chi connectivity index (χ2v) is 3.75. The van der Waals surface area contributed by atoms with Gasteiger partial charge in [0.25, 0.3) is 0 Å². The Kier molecular flexibility index (Phi) is 5.58. The summed E-state index contributed by atoms with van der Waals surface area (Å²) in [7, 11) is 2.01. The van der Waals surface area contributed by atoms with E-state index in [9.17, 15) is 0 Å². The Morgan fingerprint density at radius 2 is 2.00 bits per heavy atom. The second-order valence-electron chi connectivity index (χ2n) is 3.75. The lowest BCUT2D eigenvalue weighted by atomic mass is 10.0. The first-order valence-electron chi connectivity index (χ1n) is 5.51. The molecule has 0 saturated heterocycles. The van der Waals surface area contributed by atoms with E-state index in [-0.39, 0.29) is 0 Å². The highest BCUT2D eigenvalue weighted by Gasteiger charge is 2.04. The SMILES string of the molecule is C#CCCC(CCc1ccccc1)NC. The highest BCUT2D eigenvalue weighted by Crippen LogP contribution is 2.08. The van der Waals surface area contributed by atoms with Crippen molar-refractivity contribution >= 4 is 0 Å². The van der Waals surface area contributed by atoms with Gasteiger partial charge in [-0.25, -0.2) is 0 Å². The average Bonchev–Trinajstić information content (AvgIpc) is 2.31. The molecule has 0 radical (unpaired) electrons. The summed E-state index contributed by atoms with van der Waals surface area (Å²) < 4.78 is 0. The molecule has 1 aromatic carbocycles. The highest BCUT2D eigenvalue weighted by molar-refractivity contribution is 5.14. The first kappa shape index (κ1) is 11.8. The average molecular weight is 201 g/mol. The van der Waals surface area contributed by atoms with Gasteiger partial charge >= 0.3 is 0 Å². The van der Waals surface area contributed by atoms with Crippen molar-refractivity contribution in [2.45, 2.75) is 31.7 Å². The Morgan fingerprint density at radius 3 is 2.60 bits per heavy atom. The maximum absolute atomic E-state index is 5.26. The summed E-state index contributed by atoms with van der Waals surface area (Å²) in [4.78, 5) is 0. The fourth-order valence-corrected chi connectivity index (χ4v) is 1.68. The molecule has 1 unspecified atom stereocenters. The number of benzene rings is 1. The van der Waals surface area contributed by atoms with E-state index in [2.05, 4.69) is 41.6 Å². The van der Waals surface area contributed by atoms with Crippen LogP contribution in [0, 0.1) is 12.3 Å². The highest BCUT2D eigenvalue weighted by atomic mass is 14.9. The number of nitrogens with one attached hydrogen (secondary N) is 1. The first-order chi connectivity index (χ1) is 7.36. The zero-order chi connectivity index (χ0) is 10.9. The van der Waals surface area contributed by atoms with Gasteiger partial charge in [-0.15, -0.1) is 12.3 Å². The van der Waals surface area contributed by atoms with Gasteiger partial charge in [-0.3, -0.25) is 0 Å². The molecule has 0 spiro atoms. The van der Waals surface area contributed by atoms with Crippen molar-refractivity contribution in [3.8, 4) is 12.3 Å². The Labute approximate surface area is 92.9 Å². The molecular formula is C14H19N. The van der Waals surface area contributed by atoms with Crippen LogP contribution in [-0.2, 0) is 6.42 Å². The third kappa shape index (κ3) is 4.67. The van der Waals surface area contributed by atoms with Gasteiger partial charge in [0, 0.05) is 12.5 Å². The Bertz CT molecular complexity index is 297. The molecule has 0 aliphatic carbocycles. The first-order valence-corrected chi connectivity index (χ1v) is 5.51. The summed E-state index contributed by atoms with van der Waals surface area (Å²) in [6, 6.07) is 11.1. The molecule has 0 aliphatic heterocycles. The molecule has 1 aromatic rings. The third-order valence-electron chi connectivity index (χ3n) is 2.67. The fraction of sp³-hybridized carbons (Fsp3) is 0.429. The van der Waals surface area contributed by atoms with Gasteiger partial charge in [0.1, 0.15) is 0 Å². The minimum Gasteiger partial charge on any atom is -0.317 e. The summed E-state index contributed by atoms with van der Waals surface area (Å²) in [5.74, 6) is 2.69. The van der Waals surface area contributed by atoms with Crippen molar-refractivity contribution in [1.82, 2.24) is 5.32 Å². The van der Waals surface area contributed by atoms with Gasteiger partial charge in [0.05, 0.1) is 0 Å². The Morgan fingerprint density at radius 1 is 1.27 bits per heavy atom. The predicted molar refractivity (Wildman–Crippen MR) is 65.7 cm³/mol. The molecule has 0 amide bonds. The van der Waals surface area contributed by atoms with E-state index in [0.717, 1.165) is 25.7 Å². The van der Waals surface area contributed by atoms with Gasteiger partial charge in [-0.05, 0) is 31.9 Å². The number of hydrogen-bond acceptors (Lipinski definition) is 1. The maximum atomic E-state index is 5.26. The quantitative estimate of drug-likeness (QED) is 0.698. The van der Waals surface area contributed by atoms with Crippen molar-refractivity contribution in [2.24, 2.45) is 0 Å². The molecule has 1 rings (SSSR count). The van der Waals surface area contributed by atoms with Crippen molar-refractivity contribution in [2.75, 3.05) is 7.05 Å². The summed E-state index contributed by atoms with van der Waals surface area (Å²) in [6.07, 6.45) is 9.47. The van der Waals surface area contributed by atoms with E-state index in [1.54, 1.807) is 0 Å². The van der Waals surface area contributed by atoms with Crippen LogP contribution < -0.4 is 5.32 Å². The molecule has 1 atom stereocenters. The number of aryl methyl sites for hydroxylation is 1. The van der Waals surface area contributed by atoms with Gasteiger partial charge < -0.3 is 5.32 Å². The molecule has 0 bridgehead atoms. The molecule has 80 valence electrons. The standard InChI is InChI=1S/C14H19N/c1-3-4-10-14(15-2)12-11-13-8-6-5-7-9-13/h1,5-9,14-15H,4,10-12H2,2H3. The third-order valence-corrected chi connectivity index (χ3v) is 2.67. The summed E-state index contributed by atoms with van der Waals surface area (Å²) in [5.41, 5.74) is 1.40. The number of hydrogen-bond donors (Lipinski definition) is 1. The molecule has 0 heterocycles. The molecule has 1 nitrogen and oxygen atoms in total. The molecule has 0 saturated carbocycles. The monoisotopic (exact) mass is 201 g/mol. The van der Waals surface area contributed by atoms with Crippen LogP contribution >= 0.6 is 0 Å². The number of terminal acetylenes is 1.